The highest BCUT2D eigenvalue weighted by atomic mass is 32.1. The molecular weight excluding hydrogens is 438 g/mol. The monoisotopic (exact) mass is 471 g/mol. The Balaban J connectivity index is 1.42. The molecule has 1 fully saturated rings. The second kappa shape index (κ2) is 9.86. The molecule has 0 N–H and O–H groups in total. The van der Waals surface area contributed by atoms with Gasteiger partial charge in [-0.2, -0.15) is 0 Å². The summed E-state index contributed by atoms with van der Waals surface area (Å²) in [5.74, 6) is 3.51. The molecule has 2 aliphatic carbocycles. The number of hydrogen-bond donors (Lipinski definition) is 0. The van der Waals surface area contributed by atoms with Gasteiger partial charge in [0.05, 0.1) is 12.0 Å². The molecule has 8 heteroatoms. The van der Waals surface area contributed by atoms with E-state index in [-0.39, 0.29) is 18.2 Å². The van der Waals surface area contributed by atoms with Gasteiger partial charge in [-0.1, -0.05) is 5.92 Å². The standard InChI is InChI=1S/C25H33N3O4S/c1-6-13-30-14-16-7-12-19-20(16)21-22(26-15-27-23(21)33-19)31-18-10-8-17(9-11-18)28(5)24(29)32-25(2,3)4/h1,15-18H,7-14H2,2-5H3/t16-,17-,18-/m0/s1. The lowest BCUT2D eigenvalue weighted by Gasteiger charge is -2.35. The maximum atomic E-state index is 12.4. The van der Waals surface area contributed by atoms with E-state index in [1.807, 2.05) is 27.8 Å². The minimum atomic E-state index is -0.492. The number of rotatable bonds is 6. The summed E-state index contributed by atoms with van der Waals surface area (Å²) in [6.45, 7) is 6.60. The van der Waals surface area contributed by atoms with Crippen molar-refractivity contribution >= 4 is 27.6 Å². The SMILES string of the molecule is C#CCOC[C@@H]1CCc2sc3ncnc(O[C@H]4CC[C@H](N(C)C(=O)OC(C)(C)C)CC4)c3c21. The summed E-state index contributed by atoms with van der Waals surface area (Å²) in [5, 5.41) is 1.04. The minimum absolute atomic E-state index is 0.0690. The molecule has 1 amide bonds. The van der Waals surface area contributed by atoms with Gasteiger partial charge in [-0.3, -0.25) is 0 Å². The number of carbonyl (C=O) groups is 1. The molecule has 2 aromatic rings. The summed E-state index contributed by atoms with van der Waals surface area (Å²) in [4.78, 5) is 25.5. The summed E-state index contributed by atoms with van der Waals surface area (Å²) >= 11 is 1.73. The Morgan fingerprint density at radius 3 is 2.70 bits per heavy atom. The van der Waals surface area contributed by atoms with E-state index in [1.165, 1.54) is 10.4 Å². The average molecular weight is 472 g/mol. The van der Waals surface area contributed by atoms with Crippen molar-refractivity contribution < 1.29 is 19.0 Å². The number of thiophene rings is 1. The molecule has 2 heterocycles. The molecule has 33 heavy (non-hydrogen) atoms. The normalized spacial score (nSPS) is 22.6. The number of aryl methyl sites for hydroxylation is 1. The Morgan fingerprint density at radius 2 is 2.00 bits per heavy atom. The lowest BCUT2D eigenvalue weighted by molar-refractivity contribution is 0.0137. The fraction of sp³-hybridized carbons (Fsp3) is 0.640. The van der Waals surface area contributed by atoms with Crippen LogP contribution >= 0.6 is 11.3 Å². The lowest BCUT2D eigenvalue weighted by atomic mass is 9.92. The highest BCUT2D eigenvalue weighted by Gasteiger charge is 2.33. The molecule has 0 spiro atoms. The second-order valence-corrected chi connectivity index (χ2v) is 11.0. The van der Waals surface area contributed by atoms with E-state index < -0.39 is 5.60 Å². The van der Waals surface area contributed by atoms with Crippen molar-refractivity contribution in [3.63, 3.8) is 0 Å². The number of hydrogen-bond acceptors (Lipinski definition) is 7. The fourth-order valence-electron chi connectivity index (χ4n) is 4.75. The van der Waals surface area contributed by atoms with Gasteiger partial charge >= 0.3 is 6.09 Å². The Hall–Kier alpha value is -2.37. The molecule has 0 aromatic carbocycles. The van der Waals surface area contributed by atoms with Crippen molar-refractivity contribution in [3.05, 3.63) is 16.8 Å². The van der Waals surface area contributed by atoms with Gasteiger partial charge in [-0.25, -0.2) is 14.8 Å². The summed E-state index contributed by atoms with van der Waals surface area (Å²) in [5.41, 5.74) is 0.787. The minimum Gasteiger partial charge on any atom is -0.474 e. The van der Waals surface area contributed by atoms with Gasteiger partial charge in [0.25, 0.3) is 0 Å². The fourth-order valence-corrected chi connectivity index (χ4v) is 5.98. The third-order valence-corrected chi connectivity index (χ3v) is 7.52. The molecule has 2 aliphatic rings. The Labute approximate surface area is 199 Å². The smallest absolute Gasteiger partial charge is 0.410 e. The summed E-state index contributed by atoms with van der Waals surface area (Å²) < 4.78 is 17.6. The van der Waals surface area contributed by atoms with E-state index in [0.717, 1.165) is 48.7 Å². The summed E-state index contributed by atoms with van der Waals surface area (Å²) in [6.07, 6.45) is 12.3. The first-order valence-electron chi connectivity index (χ1n) is 11.7. The first-order valence-corrected chi connectivity index (χ1v) is 12.5. The van der Waals surface area contributed by atoms with Gasteiger partial charge < -0.3 is 19.1 Å². The van der Waals surface area contributed by atoms with E-state index in [9.17, 15) is 4.79 Å². The number of ether oxygens (including phenoxy) is 3. The first-order chi connectivity index (χ1) is 15.8. The maximum Gasteiger partial charge on any atom is 0.410 e. The number of amides is 1. The largest absolute Gasteiger partial charge is 0.474 e. The Morgan fingerprint density at radius 1 is 1.24 bits per heavy atom. The Kier molecular flexibility index (Phi) is 7.10. The Bertz CT molecular complexity index is 1030. The quantitative estimate of drug-likeness (QED) is 0.439. The molecular formula is C25H33N3O4S. The molecule has 0 saturated heterocycles. The zero-order valence-corrected chi connectivity index (χ0v) is 20.7. The van der Waals surface area contributed by atoms with Crippen LogP contribution in [0.5, 0.6) is 5.88 Å². The highest BCUT2D eigenvalue weighted by Crippen LogP contribution is 2.46. The van der Waals surface area contributed by atoms with Crippen molar-refractivity contribution in [2.45, 2.75) is 83.0 Å². The molecule has 178 valence electrons. The average Bonchev–Trinajstić information content (AvgIpc) is 3.33. The van der Waals surface area contributed by atoms with E-state index in [4.69, 9.17) is 20.6 Å². The molecule has 1 saturated carbocycles. The molecule has 0 aliphatic heterocycles. The van der Waals surface area contributed by atoms with Crippen LogP contribution in [0.3, 0.4) is 0 Å². The van der Waals surface area contributed by atoms with Crippen LogP contribution in [-0.4, -0.2) is 59.0 Å². The predicted molar refractivity (Wildman–Crippen MR) is 129 cm³/mol. The van der Waals surface area contributed by atoms with Gasteiger partial charge in [-0.05, 0) is 64.9 Å². The molecule has 7 nitrogen and oxygen atoms in total. The number of aromatic nitrogens is 2. The van der Waals surface area contributed by atoms with Crippen molar-refractivity contribution in [2.75, 3.05) is 20.3 Å². The van der Waals surface area contributed by atoms with Gasteiger partial charge in [0.2, 0.25) is 5.88 Å². The number of fused-ring (bicyclic) bond motifs is 3. The van der Waals surface area contributed by atoms with Crippen LogP contribution in [0, 0.1) is 12.3 Å². The predicted octanol–water partition coefficient (Wildman–Crippen LogP) is 4.93. The third kappa shape index (κ3) is 5.42. The van der Waals surface area contributed by atoms with E-state index in [1.54, 1.807) is 22.6 Å². The van der Waals surface area contributed by atoms with Crippen molar-refractivity contribution in [1.82, 2.24) is 14.9 Å². The van der Waals surface area contributed by atoms with Crippen LogP contribution in [0.25, 0.3) is 10.2 Å². The number of carbonyl (C=O) groups excluding carboxylic acids is 1. The summed E-state index contributed by atoms with van der Waals surface area (Å²) in [6, 6.07) is 0.160. The molecule has 2 aromatic heterocycles. The van der Waals surface area contributed by atoms with Gasteiger partial charge in [0.15, 0.2) is 0 Å². The van der Waals surface area contributed by atoms with E-state index in [0.29, 0.717) is 25.0 Å². The third-order valence-electron chi connectivity index (χ3n) is 6.35. The second-order valence-electron chi connectivity index (χ2n) is 9.89. The van der Waals surface area contributed by atoms with Crippen LogP contribution in [0.4, 0.5) is 4.79 Å². The van der Waals surface area contributed by atoms with Crippen LogP contribution in [-0.2, 0) is 15.9 Å². The van der Waals surface area contributed by atoms with Gasteiger partial charge in [0, 0.05) is 23.9 Å². The zero-order chi connectivity index (χ0) is 23.6. The van der Waals surface area contributed by atoms with Crippen LogP contribution in [0.1, 0.15) is 69.2 Å². The first kappa shape index (κ1) is 23.8. The van der Waals surface area contributed by atoms with Crippen LogP contribution in [0.15, 0.2) is 6.33 Å². The van der Waals surface area contributed by atoms with Crippen LogP contribution in [0.2, 0.25) is 0 Å². The van der Waals surface area contributed by atoms with Gasteiger partial charge in [-0.15, -0.1) is 17.8 Å². The number of terminal acetylenes is 1. The zero-order valence-electron chi connectivity index (χ0n) is 19.9. The molecule has 0 radical (unpaired) electrons. The van der Waals surface area contributed by atoms with Crippen molar-refractivity contribution in [2.24, 2.45) is 0 Å². The van der Waals surface area contributed by atoms with Crippen molar-refractivity contribution in [1.29, 1.82) is 0 Å². The van der Waals surface area contributed by atoms with E-state index in [2.05, 4.69) is 15.9 Å². The molecule has 0 bridgehead atoms. The lowest BCUT2D eigenvalue weighted by Crippen LogP contribution is -2.43. The maximum absolute atomic E-state index is 12.4. The number of nitrogens with zero attached hydrogens (tertiary/aromatic N) is 3. The van der Waals surface area contributed by atoms with E-state index >= 15 is 0 Å². The van der Waals surface area contributed by atoms with Crippen LogP contribution < -0.4 is 4.74 Å². The highest BCUT2D eigenvalue weighted by molar-refractivity contribution is 7.19. The molecule has 1 atom stereocenters. The molecule has 4 rings (SSSR count). The molecule has 0 unspecified atom stereocenters. The topological polar surface area (TPSA) is 73.8 Å². The van der Waals surface area contributed by atoms with Crippen molar-refractivity contribution in [3.8, 4) is 18.2 Å². The summed E-state index contributed by atoms with van der Waals surface area (Å²) in [7, 11) is 1.82. The van der Waals surface area contributed by atoms with Gasteiger partial charge in [0.1, 0.15) is 29.5 Å².